The van der Waals surface area contributed by atoms with Gasteiger partial charge in [0.15, 0.2) is 0 Å². The van der Waals surface area contributed by atoms with Gasteiger partial charge < -0.3 is 20.1 Å². The van der Waals surface area contributed by atoms with E-state index in [4.69, 9.17) is 4.74 Å². The summed E-state index contributed by atoms with van der Waals surface area (Å²) in [4.78, 5) is 2.47. The van der Waals surface area contributed by atoms with Gasteiger partial charge in [-0.3, -0.25) is 0 Å². The summed E-state index contributed by atoms with van der Waals surface area (Å²) in [6, 6.07) is 12.1. The molecule has 1 fully saturated rings. The molecule has 2 aliphatic heterocycles. The first-order chi connectivity index (χ1) is 11.7. The zero-order valence-corrected chi connectivity index (χ0v) is 14.1. The standard InChI is InChI=1S/C20H24N2O2/c1-2-22-9-5-7-15(13-22)21-18-11-16(23)12-20-17(18)10-14-6-3-4-8-19(14)24-20/h3-4,6,8,11-12,15,21,23H,2,5,7,9-10,13H2,1H3. The summed E-state index contributed by atoms with van der Waals surface area (Å²) in [6.07, 6.45) is 3.21. The molecule has 2 aromatic rings. The predicted molar refractivity (Wildman–Crippen MR) is 96.2 cm³/mol. The van der Waals surface area contributed by atoms with Gasteiger partial charge in [-0.1, -0.05) is 25.1 Å². The molecule has 4 rings (SSSR count). The number of hydrogen-bond acceptors (Lipinski definition) is 4. The van der Waals surface area contributed by atoms with Crippen molar-refractivity contribution < 1.29 is 9.84 Å². The number of fused-ring (bicyclic) bond motifs is 2. The van der Waals surface area contributed by atoms with E-state index in [0.29, 0.717) is 6.04 Å². The van der Waals surface area contributed by atoms with Gasteiger partial charge >= 0.3 is 0 Å². The highest BCUT2D eigenvalue weighted by Crippen LogP contribution is 2.42. The Hall–Kier alpha value is -2.20. The Bertz CT molecular complexity index is 744. The smallest absolute Gasteiger partial charge is 0.136 e. The number of para-hydroxylation sites is 1. The van der Waals surface area contributed by atoms with Crippen LogP contribution in [-0.4, -0.2) is 35.7 Å². The molecule has 4 nitrogen and oxygen atoms in total. The van der Waals surface area contributed by atoms with E-state index in [1.54, 1.807) is 6.07 Å². The van der Waals surface area contributed by atoms with E-state index in [1.165, 1.54) is 24.9 Å². The molecule has 126 valence electrons. The molecular weight excluding hydrogens is 300 g/mol. The molecule has 0 spiro atoms. The van der Waals surface area contributed by atoms with E-state index in [0.717, 1.165) is 42.3 Å². The maximum absolute atomic E-state index is 10.1. The van der Waals surface area contributed by atoms with Crippen molar-refractivity contribution in [3.8, 4) is 17.2 Å². The second-order valence-electron chi connectivity index (χ2n) is 6.73. The molecule has 2 aliphatic rings. The Labute approximate surface area is 143 Å². The van der Waals surface area contributed by atoms with Crippen molar-refractivity contribution in [1.82, 2.24) is 4.90 Å². The third kappa shape index (κ3) is 2.94. The molecule has 24 heavy (non-hydrogen) atoms. The first-order valence-corrected chi connectivity index (χ1v) is 8.83. The molecule has 1 atom stereocenters. The summed E-state index contributed by atoms with van der Waals surface area (Å²) in [5.41, 5.74) is 3.33. The first-order valence-electron chi connectivity index (χ1n) is 8.83. The lowest BCUT2D eigenvalue weighted by molar-refractivity contribution is 0.227. The number of hydrogen-bond donors (Lipinski definition) is 2. The molecule has 4 heteroatoms. The summed E-state index contributed by atoms with van der Waals surface area (Å²) in [5.74, 6) is 1.90. The van der Waals surface area contributed by atoms with Crippen molar-refractivity contribution >= 4 is 5.69 Å². The van der Waals surface area contributed by atoms with Crippen LogP contribution in [0.2, 0.25) is 0 Å². The van der Waals surface area contributed by atoms with Crippen LogP contribution >= 0.6 is 0 Å². The normalized spacial score (nSPS) is 20.0. The fourth-order valence-corrected chi connectivity index (χ4v) is 3.77. The third-order valence-corrected chi connectivity index (χ3v) is 5.07. The predicted octanol–water partition coefficient (Wildman–Crippen LogP) is 3.98. The number of phenols is 1. The van der Waals surface area contributed by atoms with Crippen LogP contribution in [0.15, 0.2) is 36.4 Å². The zero-order chi connectivity index (χ0) is 16.5. The molecule has 0 saturated carbocycles. The summed E-state index contributed by atoms with van der Waals surface area (Å²) < 4.78 is 6.02. The highest BCUT2D eigenvalue weighted by Gasteiger charge is 2.24. The monoisotopic (exact) mass is 324 g/mol. The second-order valence-corrected chi connectivity index (χ2v) is 6.73. The summed E-state index contributed by atoms with van der Waals surface area (Å²) >= 11 is 0. The third-order valence-electron chi connectivity index (χ3n) is 5.07. The zero-order valence-electron chi connectivity index (χ0n) is 14.1. The van der Waals surface area contributed by atoms with Gasteiger partial charge in [-0.15, -0.1) is 0 Å². The molecule has 0 radical (unpaired) electrons. The number of phenolic OH excluding ortho intramolecular Hbond substituents is 1. The Balaban J connectivity index is 1.62. The minimum atomic E-state index is 0.249. The quantitative estimate of drug-likeness (QED) is 0.765. The molecule has 0 aromatic heterocycles. The average molecular weight is 324 g/mol. The molecule has 1 saturated heterocycles. The maximum atomic E-state index is 10.1. The molecule has 0 bridgehead atoms. The van der Waals surface area contributed by atoms with Gasteiger partial charge in [0.1, 0.15) is 17.2 Å². The number of nitrogens with zero attached hydrogens (tertiary/aromatic N) is 1. The van der Waals surface area contributed by atoms with E-state index in [2.05, 4.69) is 23.2 Å². The Kier molecular flexibility index (Phi) is 4.07. The van der Waals surface area contributed by atoms with Crippen LogP contribution in [0.3, 0.4) is 0 Å². The largest absolute Gasteiger partial charge is 0.508 e. The number of anilines is 1. The molecule has 2 aromatic carbocycles. The van der Waals surface area contributed by atoms with E-state index in [-0.39, 0.29) is 5.75 Å². The van der Waals surface area contributed by atoms with E-state index in [9.17, 15) is 5.11 Å². The number of piperidine rings is 1. The number of rotatable bonds is 3. The van der Waals surface area contributed by atoms with Crippen LogP contribution in [0.1, 0.15) is 30.9 Å². The van der Waals surface area contributed by atoms with Gasteiger partial charge in [0, 0.05) is 42.4 Å². The minimum Gasteiger partial charge on any atom is -0.508 e. The number of benzene rings is 2. The summed E-state index contributed by atoms with van der Waals surface area (Å²) in [6.45, 7) is 5.54. The molecule has 0 amide bonds. The summed E-state index contributed by atoms with van der Waals surface area (Å²) in [7, 11) is 0. The number of nitrogens with one attached hydrogen (secondary N) is 1. The van der Waals surface area contributed by atoms with Crippen molar-refractivity contribution in [1.29, 1.82) is 0 Å². The highest BCUT2D eigenvalue weighted by atomic mass is 16.5. The van der Waals surface area contributed by atoms with Gasteiger partial charge in [-0.05, 0) is 37.6 Å². The van der Waals surface area contributed by atoms with Crippen molar-refractivity contribution in [3.63, 3.8) is 0 Å². The summed E-state index contributed by atoms with van der Waals surface area (Å²) in [5, 5.41) is 13.8. The van der Waals surface area contributed by atoms with Gasteiger partial charge in [-0.2, -0.15) is 0 Å². The van der Waals surface area contributed by atoms with Gasteiger partial charge in [0.05, 0.1) is 0 Å². The highest BCUT2D eigenvalue weighted by molar-refractivity contribution is 5.66. The van der Waals surface area contributed by atoms with Crippen LogP contribution in [0.4, 0.5) is 5.69 Å². The van der Waals surface area contributed by atoms with E-state index in [1.807, 2.05) is 24.3 Å². The van der Waals surface area contributed by atoms with E-state index < -0.39 is 0 Å². The van der Waals surface area contributed by atoms with Crippen LogP contribution in [0.5, 0.6) is 17.2 Å². The van der Waals surface area contributed by atoms with Crippen LogP contribution in [0.25, 0.3) is 0 Å². The van der Waals surface area contributed by atoms with Crippen molar-refractivity contribution in [3.05, 3.63) is 47.5 Å². The Morgan fingerprint density at radius 1 is 1.25 bits per heavy atom. The maximum Gasteiger partial charge on any atom is 0.136 e. The van der Waals surface area contributed by atoms with Gasteiger partial charge in [0.25, 0.3) is 0 Å². The lowest BCUT2D eigenvalue weighted by atomic mass is 9.97. The number of ether oxygens (including phenoxy) is 1. The van der Waals surface area contributed by atoms with Crippen molar-refractivity contribution in [2.24, 2.45) is 0 Å². The lowest BCUT2D eigenvalue weighted by Gasteiger charge is -2.34. The number of aromatic hydroxyl groups is 1. The molecule has 1 unspecified atom stereocenters. The Morgan fingerprint density at radius 2 is 2.12 bits per heavy atom. The first kappa shape index (κ1) is 15.3. The minimum absolute atomic E-state index is 0.249. The lowest BCUT2D eigenvalue weighted by Crippen LogP contribution is -2.42. The molecule has 2 heterocycles. The van der Waals surface area contributed by atoms with E-state index >= 15 is 0 Å². The SMILES string of the molecule is CCN1CCCC(Nc2cc(O)cc3c2Cc2ccccc2O3)C1. The molecular formula is C20H24N2O2. The van der Waals surface area contributed by atoms with Gasteiger partial charge in [-0.25, -0.2) is 0 Å². The van der Waals surface area contributed by atoms with Crippen molar-refractivity contribution in [2.45, 2.75) is 32.2 Å². The van der Waals surface area contributed by atoms with Crippen LogP contribution < -0.4 is 10.1 Å². The number of likely N-dealkylation sites (tertiary alicyclic amines) is 1. The van der Waals surface area contributed by atoms with Crippen molar-refractivity contribution in [2.75, 3.05) is 25.0 Å². The Morgan fingerprint density at radius 3 is 3.00 bits per heavy atom. The fraction of sp³-hybridized carbons (Fsp3) is 0.400. The topological polar surface area (TPSA) is 44.7 Å². The average Bonchev–Trinajstić information content (AvgIpc) is 2.60. The molecule has 2 N–H and O–H groups in total. The van der Waals surface area contributed by atoms with Crippen LogP contribution in [-0.2, 0) is 6.42 Å². The second kappa shape index (κ2) is 6.36. The molecule has 0 aliphatic carbocycles. The van der Waals surface area contributed by atoms with Gasteiger partial charge in [0.2, 0.25) is 0 Å². The van der Waals surface area contributed by atoms with Crippen LogP contribution in [0, 0.1) is 0 Å². The fourth-order valence-electron chi connectivity index (χ4n) is 3.77. The number of likely N-dealkylation sites (N-methyl/N-ethyl adjacent to an activating group) is 1.